The Morgan fingerprint density at radius 3 is 2.59 bits per heavy atom. The van der Waals surface area contributed by atoms with Gasteiger partial charge in [0.05, 0.1) is 21.1 Å². The van der Waals surface area contributed by atoms with Crippen molar-refractivity contribution in [1.82, 2.24) is 9.71 Å². The lowest BCUT2D eigenvalue weighted by atomic mass is 10.1. The van der Waals surface area contributed by atoms with Crippen molar-refractivity contribution in [2.75, 3.05) is 12.4 Å². The third-order valence-electron chi connectivity index (χ3n) is 4.54. The Kier molecular flexibility index (Phi) is 6.91. The van der Waals surface area contributed by atoms with Crippen molar-refractivity contribution >= 4 is 69.9 Å². The number of rotatable bonds is 8. The number of nitrogens with zero attached hydrogens (tertiary/aromatic N) is 1. The van der Waals surface area contributed by atoms with Gasteiger partial charge in [-0.05, 0) is 58.2 Å². The number of methoxy groups -OCH3 is 1. The van der Waals surface area contributed by atoms with Crippen molar-refractivity contribution in [2.45, 2.75) is 16.7 Å². The number of ether oxygens (including phenoxy) is 1. The number of sulfonamides is 1. The molecule has 2 aromatic carbocycles. The summed E-state index contributed by atoms with van der Waals surface area (Å²) in [5, 5.41) is 3.15. The molecule has 2 aromatic heterocycles. The number of thiazole rings is 1. The normalized spacial score (nSPS) is 12.6. The Balaban J connectivity index is 1.59. The summed E-state index contributed by atoms with van der Waals surface area (Å²) in [5.74, 6) is 0.204. The van der Waals surface area contributed by atoms with E-state index in [4.69, 9.17) is 4.74 Å². The Bertz CT molecular complexity index is 1350. The summed E-state index contributed by atoms with van der Waals surface area (Å²) in [7, 11) is -2.30. The second-order valence-corrected chi connectivity index (χ2v) is 12.2. The molecule has 0 aliphatic carbocycles. The maximum Gasteiger partial charge on any atom is 0.250 e. The predicted octanol–water partition coefficient (Wildman–Crippen LogP) is 4.66. The molecule has 2 heterocycles. The van der Waals surface area contributed by atoms with E-state index in [9.17, 15) is 13.2 Å². The van der Waals surface area contributed by atoms with Gasteiger partial charge in [0.1, 0.15) is 16.0 Å². The fraction of sp³-hybridized carbons (Fsp3) is 0.143. The number of amides is 1. The highest BCUT2D eigenvalue weighted by Gasteiger charge is 2.28. The summed E-state index contributed by atoms with van der Waals surface area (Å²) in [5.41, 5.74) is 1.55. The maximum atomic E-state index is 13.1. The minimum Gasteiger partial charge on any atom is -0.497 e. The summed E-state index contributed by atoms with van der Waals surface area (Å²) in [6, 6.07) is 16.8. The number of aromatic nitrogens is 1. The van der Waals surface area contributed by atoms with Gasteiger partial charge >= 0.3 is 0 Å². The molecule has 0 fully saturated rings. The first-order valence-electron chi connectivity index (χ1n) is 9.41. The van der Waals surface area contributed by atoms with Crippen LogP contribution in [0.1, 0.15) is 5.56 Å². The number of carbonyl (C=O) groups excluding carboxylic acids is 1. The van der Waals surface area contributed by atoms with Gasteiger partial charge in [0.25, 0.3) is 10.0 Å². The van der Waals surface area contributed by atoms with E-state index in [1.165, 1.54) is 17.4 Å². The first-order valence-corrected chi connectivity index (χ1v) is 13.3. The molecule has 1 atom stereocenters. The van der Waals surface area contributed by atoms with Gasteiger partial charge < -0.3 is 10.1 Å². The van der Waals surface area contributed by atoms with Gasteiger partial charge in [-0.3, -0.25) is 4.79 Å². The number of fused-ring (bicyclic) bond motifs is 1. The monoisotopic (exact) mass is 551 g/mol. The molecule has 4 aromatic rings. The van der Waals surface area contributed by atoms with Gasteiger partial charge in [-0.15, -0.1) is 11.3 Å². The molecule has 32 heavy (non-hydrogen) atoms. The fourth-order valence-corrected chi connectivity index (χ4v) is 7.12. The number of carbonyl (C=O) groups is 1. The standard InChI is InChI=1S/C21H18BrN3O4S3/c1-29-14-7-8-15-17(12-14)30-21(23-15)24-20(26)16(11-13-5-3-2-4-6-13)25-32(27,28)19-10-9-18(22)31-19/h2-10,12,16,25H,11H2,1H3,(H,23,24,26)/t16-/m1/s1. The minimum absolute atomic E-state index is 0.127. The zero-order chi connectivity index (χ0) is 22.7. The van der Waals surface area contributed by atoms with Gasteiger partial charge in [0, 0.05) is 0 Å². The van der Waals surface area contributed by atoms with Crippen molar-refractivity contribution in [3.63, 3.8) is 0 Å². The number of hydrogen-bond donors (Lipinski definition) is 2. The summed E-state index contributed by atoms with van der Waals surface area (Å²) in [4.78, 5) is 17.6. The predicted molar refractivity (Wildman–Crippen MR) is 131 cm³/mol. The van der Waals surface area contributed by atoms with Gasteiger partial charge in [-0.1, -0.05) is 41.7 Å². The van der Waals surface area contributed by atoms with E-state index in [0.717, 1.165) is 27.1 Å². The first kappa shape index (κ1) is 22.9. The van der Waals surface area contributed by atoms with Crippen LogP contribution in [-0.4, -0.2) is 32.5 Å². The molecule has 0 radical (unpaired) electrons. The second-order valence-electron chi connectivity index (χ2n) is 6.76. The van der Waals surface area contributed by atoms with E-state index in [-0.39, 0.29) is 10.6 Å². The average molecular weight is 552 g/mol. The van der Waals surface area contributed by atoms with Gasteiger partial charge in [-0.2, -0.15) is 4.72 Å². The minimum atomic E-state index is -3.89. The molecule has 1 amide bonds. The SMILES string of the molecule is COc1ccc2nc(NC(=O)[C@@H](Cc3ccccc3)NS(=O)(=O)c3ccc(Br)s3)sc2c1. The summed E-state index contributed by atoms with van der Waals surface area (Å²) in [6.07, 6.45) is 0.192. The molecule has 0 aliphatic rings. The summed E-state index contributed by atoms with van der Waals surface area (Å²) >= 11 is 5.65. The van der Waals surface area contributed by atoms with Crippen LogP contribution in [0.5, 0.6) is 5.75 Å². The summed E-state index contributed by atoms with van der Waals surface area (Å²) < 4.78 is 35.2. The Hall–Kier alpha value is -2.31. The van der Waals surface area contributed by atoms with Crippen molar-refractivity contribution in [3.8, 4) is 5.75 Å². The van der Waals surface area contributed by atoms with Crippen molar-refractivity contribution in [3.05, 3.63) is 70.0 Å². The highest BCUT2D eigenvalue weighted by atomic mass is 79.9. The quantitative estimate of drug-likeness (QED) is 0.332. The van der Waals surface area contributed by atoms with Crippen LogP contribution < -0.4 is 14.8 Å². The number of benzene rings is 2. The van der Waals surface area contributed by atoms with Gasteiger partial charge in [0.2, 0.25) is 5.91 Å². The molecule has 0 saturated heterocycles. The van der Waals surface area contributed by atoms with E-state index in [1.807, 2.05) is 36.4 Å². The van der Waals surface area contributed by atoms with E-state index in [2.05, 4.69) is 31.0 Å². The molecule has 0 aliphatic heterocycles. The van der Waals surface area contributed by atoms with Crippen LogP contribution in [0.2, 0.25) is 0 Å². The van der Waals surface area contributed by atoms with Crippen LogP contribution in [0.4, 0.5) is 5.13 Å². The number of anilines is 1. The zero-order valence-corrected chi connectivity index (χ0v) is 20.8. The number of nitrogens with one attached hydrogen (secondary N) is 2. The molecule has 0 spiro atoms. The molecule has 4 rings (SSSR count). The molecule has 2 N–H and O–H groups in total. The zero-order valence-electron chi connectivity index (χ0n) is 16.7. The number of halogens is 1. The smallest absolute Gasteiger partial charge is 0.250 e. The third kappa shape index (κ3) is 5.36. The van der Waals surface area contributed by atoms with Crippen molar-refractivity contribution in [1.29, 1.82) is 0 Å². The fourth-order valence-electron chi connectivity index (χ4n) is 3.00. The van der Waals surface area contributed by atoms with Crippen molar-refractivity contribution < 1.29 is 17.9 Å². The lowest BCUT2D eigenvalue weighted by Crippen LogP contribution is -2.45. The largest absolute Gasteiger partial charge is 0.497 e. The van der Waals surface area contributed by atoms with Crippen LogP contribution in [-0.2, 0) is 21.2 Å². The average Bonchev–Trinajstić information content (AvgIpc) is 3.39. The lowest BCUT2D eigenvalue weighted by molar-refractivity contribution is -0.117. The van der Waals surface area contributed by atoms with Gasteiger partial charge in [0.15, 0.2) is 5.13 Å². The van der Waals surface area contributed by atoms with Gasteiger partial charge in [-0.25, -0.2) is 13.4 Å². The molecule has 0 unspecified atom stereocenters. The number of hydrogen-bond acceptors (Lipinski definition) is 7. The molecule has 7 nitrogen and oxygen atoms in total. The Morgan fingerprint density at radius 2 is 1.91 bits per heavy atom. The molecule has 11 heteroatoms. The molecular formula is C21H18BrN3O4S3. The topological polar surface area (TPSA) is 97.4 Å². The van der Waals surface area contributed by atoms with Crippen LogP contribution in [0.15, 0.2) is 68.7 Å². The molecule has 0 saturated carbocycles. The highest BCUT2D eigenvalue weighted by molar-refractivity contribution is 9.11. The highest BCUT2D eigenvalue weighted by Crippen LogP contribution is 2.30. The molecule has 0 bridgehead atoms. The van der Waals surface area contributed by atoms with Crippen molar-refractivity contribution in [2.24, 2.45) is 0 Å². The maximum absolute atomic E-state index is 13.1. The van der Waals surface area contributed by atoms with E-state index in [1.54, 1.807) is 25.3 Å². The van der Waals surface area contributed by atoms with E-state index < -0.39 is 22.0 Å². The lowest BCUT2D eigenvalue weighted by Gasteiger charge is -2.17. The Labute approximate surface area is 201 Å². The Morgan fingerprint density at radius 1 is 1.12 bits per heavy atom. The van der Waals surface area contributed by atoms with Crippen LogP contribution in [0.3, 0.4) is 0 Å². The third-order valence-corrected chi connectivity index (χ3v) is 9.06. The van der Waals surface area contributed by atoms with E-state index in [0.29, 0.717) is 14.7 Å². The van der Waals surface area contributed by atoms with Crippen LogP contribution in [0, 0.1) is 0 Å². The van der Waals surface area contributed by atoms with Crippen LogP contribution >= 0.6 is 38.6 Å². The molecule has 166 valence electrons. The first-order chi connectivity index (χ1) is 15.3. The van der Waals surface area contributed by atoms with Crippen LogP contribution in [0.25, 0.3) is 10.2 Å². The molecular weight excluding hydrogens is 534 g/mol. The van der Waals surface area contributed by atoms with E-state index >= 15 is 0 Å². The number of thiophene rings is 1. The summed E-state index contributed by atoms with van der Waals surface area (Å²) in [6.45, 7) is 0. The second kappa shape index (κ2) is 9.67.